The predicted octanol–water partition coefficient (Wildman–Crippen LogP) is 3.00. The van der Waals surface area contributed by atoms with E-state index in [2.05, 4.69) is 10.3 Å². The van der Waals surface area contributed by atoms with Gasteiger partial charge in [0.1, 0.15) is 17.5 Å². The minimum absolute atomic E-state index is 0. The molecule has 1 aliphatic rings. The molecule has 2 atom stereocenters. The zero-order chi connectivity index (χ0) is 17.6. The van der Waals surface area contributed by atoms with Crippen molar-refractivity contribution in [1.29, 1.82) is 0 Å². The van der Waals surface area contributed by atoms with Crippen LogP contribution in [0.15, 0.2) is 29.6 Å². The molecule has 142 valence electrons. The van der Waals surface area contributed by atoms with Crippen LogP contribution in [0.2, 0.25) is 0 Å². The van der Waals surface area contributed by atoms with Crippen molar-refractivity contribution in [3.8, 4) is 5.75 Å². The number of rotatable bonds is 6. The zero-order valence-corrected chi connectivity index (χ0v) is 16.0. The smallest absolute Gasteiger partial charge is 0.275 e. The van der Waals surface area contributed by atoms with E-state index in [1.165, 1.54) is 11.3 Å². The second kappa shape index (κ2) is 9.87. The number of hydrogen-bond acceptors (Lipinski definition) is 6. The fourth-order valence-electron chi connectivity index (χ4n) is 2.85. The number of benzene rings is 1. The molecule has 0 spiro atoms. The van der Waals surface area contributed by atoms with Gasteiger partial charge in [-0.05, 0) is 50.1 Å². The maximum absolute atomic E-state index is 12.2. The van der Waals surface area contributed by atoms with E-state index >= 15 is 0 Å². The summed E-state index contributed by atoms with van der Waals surface area (Å²) in [7, 11) is 0. The molecule has 1 amide bonds. The van der Waals surface area contributed by atoms with E-state index in [9.17, 15) is 9.90 Å². The molecule has 1 aromatic carbocycles. The molecule has 26 heavy (non-hydrogen) atoms. The molecule has 1 aromatic heterocycles. The number of carbonyl (C=O) groups excluding carboxylic acids is 1. The van der Waals surface area contributed by atoms with E-state index in [1.807, 2.05) is 0 Å². The number of nitrogens with two attached hydrogens (primary N) is 1. The van der Waals surface area contributed by atoms with Crippen LogP contribution in [0.3, 0.4) is 0 Å². The van der Waals surface area contributed by atoms with Gasteiger partial charge in [-0.25, -0.2) is 4.98 Å². The van der Waals surface area contributed by atoms with Crippen LogP contribution in [-0.2, 0) is 6.42 Å². The summed E-state index contributed by atoms with van der Waals surface area (Å²) in [6.45, 7) is 0.520. The van der Waals surface area contributed by atoms with Crippen molar-refractivity contribution in [3.63, 3.8) is 0 Å². The van der Waals surface area contributed by atoms with Gasteiger partial charge in [0, 0.05) is 17.5 Å². The Hall–Kier alpha value is -1.67. The van der Waals surface area contributed by atoms with Crippen molar-refractivity contribution in [3.05, 3.63) is 40.3 Å². The van der Waals surface area contributed by atoms with Crippen molar-refractivity contribution in [2.75, 3.05) is 11.9 Å². The topological polar surface area (TPSA) is 97.5 Å². The fraction of sp³-hybridized carbons (Fsp3) is 0.444. The summed E-state index contributed by atoms with van der Waals surface area (Å²) in [5.74, 6) is 0.457. The number of aromatic nitrogens is 1. The lowest BCUT2D eigenvalue weighted by atomic mass is 9.95. The van der Waals surface area contributed by atoms with Crippen LogP contribution in [-0.4, -0.2) is 34.8 Å². The highest BCUT2D eigenvalue weighted by atomic mass is 35.5. The lowest BCUT2D eigenvalue weighted by molar-refractivity contribution is 0.00688. The molecule has 2 aromatic rings. The summed E-state index contributed by atoms with van der Waals surface area (Å²) >= 11 is 1.44. The molecule has 0 aliphatic heterocycles. The SMILES string of the molecule is Cl.NCCc1nc(C(=O)Nc2ccc(OC3CCCCC3O)cc2)cs1. The highest BCUT2D eigenvalue weighted by molar-refractivity contribution is 7.09. The van der Waals surface area contributed by atoms with Crippen LogP contribution in [0, 0.1) is 0 Å². The van der Waals surface area contributed by atoms with Crippen molar-refractivity contribution < 1.29 is 14.6 Å². The number of halogens is 1. The number of ether oxygens (including phenoxy) is 1. The Morgan fingerprint density at radius 2 is 2.04 bits per heavy atom. The maximum atomic E-state index is 12.2. The number of aliphatic hydroxyl groups excluding tert-OH is 1. The monoisotopic (exact) mass is 397 g/mol. The largest absolute Gasteiger partial charge is 0.488 e. The second-order valence-electron chi connectivity index (χ2n) is 6.15. The van der Waals surface area contributed by atoms with Crippen LogP contribution in [0.4, 0.5) is 5.69 Å². The molecule has 6 nitrogen and oxygen atoms in total. The van der Waals surface area contributed by atoms with Crippen molar-refractivity contribution >= 4 is 35.3 Å². The van der Waals surface area contributed by atoms with E-state index < -0.39 is 6.10 Å². The Labute approximate surface area is 163 Å². The van der Waals surface area contributed by atoms with Gasteiger partial charge in [0.25, 0.3) is 5.91 Å². The van der Waals surface area contributed by atoms with E-state index in [-0.39, 0.29) is 24.4 Å². The molecule has 0 bridgehead atoms. The molecular weight excluding hydrogens is 374 g/mol. The minimum Gasteiger partial charge on any atom is -0.488 e. The molecule has 0 radical (unpaired) electrons. The summed E-state index contributed by atoms with van der Waals surface area (Å²) in [5, 5.41) is 15.4. The third-order valence-electron chi connectivity index (χ3n) is 4.21. The van der Waals surface area contributed by atoms with Gasteiger partial charge in [0.05, 0.1) is 11.1 Å². The van der Waals surface area contributed by atoms with Crippen LogP contribution in [0.5, 0.6) is 5.75 Å². The number of hydrogen-bond donors (Lipinski definition) is 3. The number of thiazole rings is 1. The molecule has 0 saturated heterocycles. The molecule has 1 aliphatic carbocycles. The highest BCUT2D eigenvalue weighted by Gasteiger charge is 2.24. The average Bonchev–Trinajstić information content (AvgIpc) is 3.08. The number of nitrogens with one attached hydrogen (secondary N) is 1. The molecule has 8 heteroatoms. The molecule has 1 heterocycles. The summed E-state index contributed by atoms with van der Waals surface area (Å²) in [6.07, 6.45) is 3.92. The van der Waals surface area contributed by atoms with E-state index in [0.717, 1.165) is 30.7 Å². The Morgan fingerprint density at radius 3 is 2.73 bits per heavy atom. The van der Waals surface area contributed by atoms with Gasteiger partial charge in [0.2, 0.25) is 0 Å². The summed E-state index contributed by atoms with van der Waals surface area (Å²) in [4.78, 5) is 16.5. The molecule has 3 rings (SSSR count). The van der Waals surface area contributed by atoms with Gasteiger partial charge >= 0.3 is 0 Å². The molecule has 1 fully saturated rings. The standard InChI is InChI=1S/C18H23N3O3S.ClH/c19-10-9-17-21-14(11-25-17)18(23)20-12-5-7-13(8-6-12)24-16-4-2-1-3-15(16)22;/h5-8,11,15-16,22H,1-4,9-10,19H2,(H,20,23);1H. The Kier molecular flexibility index (Phi) is 7.84. The third-order valence-corrected chi connectivity index (χ3v) is 5.12. The summed E-state index contributed by atoms with van der Waals surface area (Å²) < 4.78 is 5.86. The number of carbonyl (C=O) groups is 1. The first-order valence-corrected chi connectivity index (χ1v) is 9.44. The van der Waals surface area contributed by atoms with Crippen molar-refractivity contribution in [1.82, 2.24) is 4.98 Å². The number of amides is 1. The Morgan fingerprint density at radius 1 is 1.31 bits per heavy atom. The Balaban J connectivity index is 0.00000243. The highest BCUT2D eigenvalue weighted by Crippen LogP contribution is 2.25. The fourth-order valence-corrected chi connectivity index (χ4v) is 3.65. The summed E-state index contributed by atoms with van der Waals surface area (Å²) in [6, 6.07) is 7.18. The van der Waals surface area contributed by atoms with Crippen molar-refractivity contribution in [2.24, 2.45) is 5.73 Å². The lowest BCUT2D eigenvalue weighted by Crippen LogP contribution is -2.34. The van der Waals surface area contributed by atoms with E-state index in [4.69, 9.17) is 10.5 Å². The first-order chi connectivity index (χ1) is 12.2. The second-order valence-corrected chi connectivity index (χ2v) is 7.09. The van der Waals surface area contributed by atoms with Gasteiger partial charge in [-0.1, -0.05) is 6.42 Å². The first-order valence-electron chi connectivity index (χ1n) is 8.56. The number of anilines is 1. The van der Waals surface area contributed by atoms with Crippen LogP contribution in [0.1, 0.15) is 41.2 Å². The van der Waals surface area contributed by atoms with Gasteiger partial charge in [-0.3, -0.25) is 4.79 Å². The van der Waals surface area contributed by atoms with Gasteiger partial charge in [-0.15, -0.1) is 23.7 Å². The number of aliphatic hydroxyl groups is 1. The molecule has 4 N–H and O–H groups in total. The van der Waals surface area contributed by atoms with Gasteiger partial charge < -0.3 is 20.9 Å². The molecular formula is C18H24ClN3O3S. The van der Waals surface area contributed by atoms with Crippen molar-refractivity contribution in [2.45, 2.75) is 44.3 Å². The van der Waals surface area contributed by atoms with Crippen LogP contribution in [0.25, 0.3) is 0 Å². The number of nitrogens with zero attached hydrogens (tertiary/aromatic N) is 1. The normalized spacial score (nSPS) is 19.5. The van der Waals surface area contributed by atoms with Crippen LogP contribution < -0.4 is 15.8 Å². The summed E-state index contributed by atoms with van der Waals surface area (Å²) in [5.41, 5.74) is 6.58. The van der Waals surface area contributed by atoms with Gasteiger partial charge in [0.15, 0.2) is 0 Å². The quantitative estimate of drug-likeness (QED) is 0.696. The van der Waals surface area contributed by atoms with Crippen LogP contribution >= 0.6 is 23.7 Å². The van der Waals surface area contributed by atoms with E-state index in [0.29, 0.717) is 30.1 Å². The average molecular weight is 398 g/mol. The van der Waals surface area contributed by atoms with Gasteiger partial charge in [-0.2, -0.15) is 0 Å². The molecule has 2 unspecified atom stereocenters. The lowest BCUT2D eigenvalue weighted by Gasteiger charge is -2.28. The maximum Gasteiger partial charge on any atom is 0.275 e. The minimum atomic E-state index is -0.402. The third kappa shape index (κ3) is 5.41. The van der Waals surface area contributed by atoms with E-state index in [1.54, 1.807) is 29.6 Å². The molecule has 1 saturated carbocycles. The zero-order valence-electron chi connectivity index (χ0n) is 14.4. The Bertz CT molecular complexity index is 708. The first kappa shape index (κ1) is 20.6. The predicted molar refractivity (Wildman–Crippen MR) is 105 cm³/mol.